The Morgan fingerprint density at radius 1 is 0.857 bits per heavy atom. The average Bonchev–Trinajstić information content (AvgIpc) is 2.68. The van der Waals surface area contributed by atoms with Crippen molar-refractivity contribution in [2.24, 2.45) is 5.92 Å². The van der Waals surface area contributed by atoms with Gasteiger partial charge in [0.15, 0.2) is 0 Å². The third kappa shape index (κ3) is 4.95. The van der Waals surface area contributed by atoms with Gasteiger partial charge in [0.1, 0.15) is 11.6 Å². The summed E-state index contributed by atoms with van der Waals surface area (Å²) >= 11 is 0. The van der Waals surface area contributed by atoms with E-state index in [2.05, 4.69) is 6.92 Å². The predicted molar refractivity (Wildman–Crippen MR) is 106 cm³/mol. The van der Waals surface area contributed by atoms with Crippen molar-refractivity contribution in [3.8, 4) is 11.1 Å². The quantitative estimate of drug-likeness (QED) is 0.328. The fraction of sp³-hybridized carbons (Fsp3) is 0.500. The zero-order chi connectivity index (χ0) is 20.1. The van der Waals surface area contributed by atoms with Crippen LogP contribution in [0.4, 0.5) is 17.6 Å². The van der Waals surface area contributed by atoms with Gasteiger partial charge in [-0.1, -0.05) is 56.9 Å². The smallest absolute Gasteiger partial charge is 0.206 e. The molecule has 2 aromatic rings. The molecule has 0 heterocycles. The van der Waals surface area contributed by atoms with Crippen LogP contribution in [0.1, 0.15) is 81.8 Å². The Morgan fingerprint density at radius 2 is 1.46 bits per heavy atom. The molecule has 0 radical (unpaired) electrons. The molecule has 0 nitrogen and oxygen atoms in total. The molecule has 1 saturated carbocycles. The summed E-state index contributed by atoms with van der Waals surface area (Å²) < 4.78 is 53.1. The molecule has 0 aliphatic heterocycles. The minimum Gasteiger partial charge on any atom is -0.206 e. The van der Waals surface area contributed by atoms with Crippen molar-refractivity contribution in [1.82, 2.24) is 0 Å². The molecule has 3 rings (SSSR count). The zero-order valence-electron chi connectivity index (χ0n) is 16.4. The van der Waals surface area contributed by atoms with Crippen molar-refractivity contribution >= 4 is 0 Å². The molecule has 0 unspecified atom stereocenters. The lowest BCUT2D eigenvalue weighted by Gasteiger charge is -2.29. The van der Waals surface area contributed by atoms with Crippen LogP contribution in [0.3, 0.4) is 0 Å². The van der Waals surface area contributed by atoms with E-state index in [0.29, 0.717) is 11.5 Å². The summed E-state index contributed by atoms with van der Waals surface area (Å²) in [5.74, 6) is -1.02. The van der Waals surface area contributed by atoms with E-state index in [9.17, 15) is 17.6 Å². The highest BCUT2D eigenvalue weighted by Crippen LogP contribution is 2.38. The lowest BCUT2D eigenvalue weighted by atomic mass is 9.77. The maximum Gasteiger partial charge on any atom is 0.269 e. The van der Waals surface area contributed by atoms with E-state index >= 15 is 0 Å². The van der Waals surface area contributed by atoms with Gasteiger partial charge in [-0.3, -0.25) is 0 Å². The topological polar surface area (TPSA) is 0 Å². The van der Waals surface area contributed by atoms with E-state index in [-0.39, 0.29) is 5.56 Å². The monoisotopic (exact) mass is 392 g/mol. The number of alkyl halides is 2. The highest BCUT2D eigenvalue weighted by Gasteiger charge is 2.23. The van der Waals surface area contributed by atoms with Gasteiger partial charge >= 0.3 is 0 Å². The van der Waals surface area contributed by atoms with Crippen LogP contribution in [-0.4, -0.2) is 0 Å². The van der Waals surface area contributed by atoms with Gasteiger partial charge in [0.05, 0.1) is 5.56 Å². The number of halogens is 4. The van der Waals surface area contributed by atoms with E-state index in [1.54, 1.807) is 0 Å². The Hall–Kier alpha value is -1.84. The summed E-state index contributed by atoms with van der Waals surface area (Å²) in [6, 6.07) is 9.66. The predicted octanol–water partition coefficient (Wildman–Crippen LogP) is 8.42. The second-order valence-electron chi connectivity index (χ2n) is 7.99. The number of hydrogen-bond acceptors (Lipinski definition) is 0. The van der Waals surface area contributed by atoms with Crippen LogP contribution >= 0.6 is 0 Å². The first-order valence-corrected chi connectivity index (χ1v) is 10.4. The van der Waals surface area contributed by atoms with Crippen molar-refractivity contribution in [2.75, 3.05) is 0 Å². The van der Waals surface area contributed by atoms with E-state index in [1.807, 2.05) is 24.3 Å². The lowest BCUT2D eigenvalue weighted by Crippen LogP contribution is -2.13. The number of hydrogen-bond donors (Lipinski definition) is 0. The molecule has 1 fully saturated rings. The van der Waals surface area contributed by atoms with Gasteiger partial charge in [0, 0.05) is 0 Å². The second-order valence-corrected chi connectivity index (χ2v) is 7.99. The van der Waals surface area contributed by atoms with Gasteiger partial charge < -0.3 is 0 Å². The van der Waals surface area contributed by atoms with Crippen LogP contribution in [0, 0.1) is 17.6 Å². The minimum absolute atomic E-state index is 0.283. The van der Waals surface area contributed by atoms with Crippen LogP contribution in [-0.2, 0) is 0 Å². The third-order valence-corrected chi connectivity index (χ3v) is 6.08. The Morgan fingerprint density at radius 3 is 2.00 bits per heavy atom. The number of unbranched alkanes of at least 4 members (excludes halogenated alkanes) is 2. The van der Waals surface area contributed by atoms with E-state index in [0.717, 1.165) is 18.1 Å². The zero-order valence-corrected chi connectivity index (χ0v) is 16.4. The fourth-order valence-electron chi connectivity index (χ4n) is 4.37. The summed E-state index contributed by atoms with van der Waals surface area (Å²) in [5, 5.41) is 0. The summed E-state index contributed by atoms with van der Waals surface area (Å²) in [6.07, 6.45) is 6.99. The molecular formula is C24H28F4. The van der Waals surface area contributed by atoms with Crippen LogP contribution in [0.2, 0.25) is 0 Å². The number of benzene rings is 2. The molecule has 4 heteroatoms. The van der Waals surface area contributed by atoms with Crippen molar-refractivity contribution in [3.05, 3.63) is 59.2 Å². The van der Waals surface area contributed by atoms with Crippen LogP contribution in [0.5, 0.6) is 0 Å². The van der Waals surface area contributed by atoms with E-state index in [1.165, 1.54) is 56.9 Å². The Labute approximate surface area is 165 Å². The molecule has 2 aromatic carbocycles. The first-order chi connectivity index (χ1) is 13.5. The molecule has 0 saturated heterocycles. The summed E-state index contributed by atoms with van der Waals surface area (Å²) in [6.45, 7) is 2.23. The standard InChI is InChI=1S/C24H28F4/c1-2-3-4-5-16-6-8-17(9-7-16)18-10-12-19(13-11-18)20-14-21(25)23(24(27)28)22(26)15-20/h10-17,24H,2-9H2,1H3. The van der Waals surface area contributed by atoms with Crippen molar-refractivity contribution in [1.29, 1.82) is 0 Å². The maximum atomic E-state index is 13.8. The van der Waals surface area contributed by atoms with Crippen molar-refractivity contribution < 1.29 is 17.6 Å². The van der Waals surface area contributed by atoms with Gasteiger partial charge in [-0.15, -0.1) is 0 Å². The Kier molecular flexibility index (Phi) is 7.14. The van der Waals surface area contributed by atoms with Crippen LogP contribution in [0.15, 0.2) is 36.4 Å². The van der Waals surface area contributed by atoms with Crippen LogP contribution < -0.4 is 0 Å². The average molecular weight is 392 g/mol. The normalized spacial score (nSPS) is 19.9. The van der Waals surface area contributed by atoms with Crippen molar-refractivity contribution in [2.45, 2.75) is 70.6 Å². The summed E-state index contributed by atoms with van der Waals surface area (Å²) in [4.78, 5) is 0. The number of rotatable bonds is 7. The largest absolute Gasteiger partial charge is 0.269 e. The molecule has 0 amide bonds. The van der Waals surface area contributed by atoms with Gasteiger partial charge in [-0.2, -0.15) is 0 Å². The Bertz CT molecular complexity index is 736. The second kappa shape index (κ2) is 9.58. The first-order valence-electron chi connectivity index (χ1n) is 10.4. The highest BCUT2D eigenvalue weighted by molar-refractivity contribution is 5.64. The van der Waals surface area contributed by atoms with E-state index < -0.39 is 23.6 Å². The molecule has 0 spiro atoms. The third-order valence-electron chi connectivity index (χ3n) is 6.08. The molecule has 0 bridgehead atoms. The van der Waals surface area contributed by atoms with Gasteiger partial charge in [0.25, 0.3) is 6.43 Å². The van der Waals surface area contributed by atoms with Gasteiger partial charge in [-0.05, 0) is 66.3 Å². The van der Waals surface area contributed by atoms with E-state index in [4.69, 9.17) is 0 Å². The highest BCUT2D eigenvalue weighted by atomic mass is 19.3. The molecule has 1 aliphatic rings. The SMILES string of the molecule is CCCCCC1CCC(c2ccc(-c3cc(F)c(C(F)F)c(F)c3)cc2)CC1. The summed E-state index contributed by atoms with van der Waals surface area (Å²) in [5.41, 5.74) is 1.01. The molecular weight excluding hydrogens is 364 g/mol. The van der Waals surface area contributed by atoms with Gasteiger partial charge in [0.2, 0.25) is 0 Å². The van der Waals surface area contributed by atoms with Gasteiger partial charge in [-0.25, -0.2) is 17.6 Å². The molecule has 0 atom stereocenters. The molecule has 1 aliphatic carbocycles. The molecule has 152 valence electrons. The molecule has 0 N–H and O–H groups in total. The van der Waals surface area contributed by atoms with Crippen LogP contribution in [0.25, 0.3) is 11.1 Å². The maximum absolute atomic E-state index is 13.8. The minimum atomic E-state index is -3.16. The van der Waals surface area contributed by atoms with Crippen molar-refractivity contribution in [3.63, 3.8) is 0 Å². The molecule has 0 aromatic heterocycles. The molecule has 28 heavy (non-hydrogen) atoms. The lowest BCUT2D eigenvalue weighted by molar-refractivity contribution is 0.141. The Balaban J connectivity index is 1.65. The first kappa shape index (κ1) is 20.9. The fourth-order valence-corrected chi connectivity index (χ4v) is 4.37. The summed E-state index contributed by atoms with van der Waals surface area (Å²) in [7, 11) is 0.